The van der Waals surface area contributed by atoms with Crippen molar-refractivity contribution in [1.29, 1.82) is 0 Å². The van der Waals surface area contributed by atoms with E-state index in [0.29, 0.717) is 22.3 Å². The summed E-state index contributed by atoms with van der Waals surface area (Å²) in [6.45, 7) is 6.64. The van der Waals surface area contributed by atoms with Gasteiger partial charge in [0.15, 0.2) is 0 Å². The van der Waals surface area contributed by atoms with Gasteiger partial charge in [-0.25, -0.2) is 0 Å². The van der Waals surface area contributed by atoms with Crippen LogP contribution in [0.5, 0.6) is 0 Å². The van der Waals surface area contributed by atoms with E-state index < -0.39 is 0 Å². The minimum absolute atomic E-state index is 0.611. The lowest BCUT2D eigenvalue weighted by Crippen LogP contribution is -2.18. The van der Waals surface area contributed by atoms with Crippen LogP contribution in [-0.2, 0) is 0 Å². The molecule has 0 fully saturated rings. The highest BCUT2D eigenvalue weighted by Crippen LogP contribution is 2.29. The topological polar surface area (TPSA) is 41.6 Å². The smallest absolute Gasteiger partial charge is 0.0794 e. The first kappa shape index (κ1) is 16.7. The van der Waals surface area contributed by atoms with Crippen molar-refractivity contribution in [2.45, 2.75) is 20.8 Å². The third-order valence-electron chi connectivity index (χ3n) is 3.36. The van der Waals surface area contributed by atoms with Crippen LogP contribution in [0.1, 0.15) is 25.0 Å². The molecule has 0 aliphatic carbocycles. The number of nitrogen functional groups attached to an aromatic ring is 1. The van der Waals surface area contributed by atoms with Crippen LogP contribution in [0.4, 0.5) is 11.4 Å². The molecule has 5 heteroatoms. The maximum absolute atomic E-state index is 6.26. The van der Waals surface area contributed by atoms with Crippen LogP contribution in [0.2, 0.25) is 10.0 Å². The van der Waals surface area contributed by atoms with E-state index >= 15 is 0 Å². The second kappa shape index (κ2) is 7.03. The number of anilines is 2. The van der Waals surface area contributed by atoms with Gasteiger partial charge in [-0.1, -0.05) is 34.8 Å². The first-order valence-electron chi connectivity index (χ1n) is 7.06. The Morgan fingerprint density at radius 1 is 1.18 bits per heavy atom. The molecule has 0 bridgehead atoms. The van der Waals surface area contributed by atoms with Gasteiger partial charge in [0.2, 0.25) is 0 Å². The number of rotatable bonds is 4. The van der Waals surface area contributed by atoms with Crippen LogP contribution in [0.25, 0.3) is 0 Å². The van der Waals surface area contributed by atoms with E-state index in [2.05, 4.69) is 5.10 Å². The van der Waals surface area contributed by atoms with Crippen molar-refractivity contribution in [2.24, 2.45) is 5.10 Å². The van der Waals surface area contributed by atoms with Crippen molar-refractivity contribution in [3.63, 3.8) is 0 Å². The number of hydrogen-bond donors (Lipinski definition) is 1. The first-order chi connectivity index (χ1) is 10.4. The Morgan fingerprint density at radius 3 is 2.59 bits per heavy atom. The molecule has 0 amide bonds. The van der Waals surface area contributed by atoms with Gasteiger partial charge in [-0.3, -0.25) is 5.01 Å². The molecule has 2 N–H and O–H groups in total. The number of aryl methyl sites for hydroxylation is 1. The molecule has 0 spiro atoms. The van der Waals surface area contributed by atoms with Crippen LogP contribution >= 0.6 is 23.2 Å². The Kier molecular flexibility index (Phi) is 5.33. The molecule has 0 aliphatic heterocycles. The molecule has 0 heterocycles. The van der Waals surface area contributed by atoms with Gasteiger partial charge in [0.05, 0.1) is 16.4 Å². The van der Waals surface area contributed by atoms with Gasteiger partial charge >= 0.3 is 0 Å². The predicted octanol–water partition coefficient (Wildman–Crippen LogP) is 5.13. The molecule has 2 aromatic rings. The lowest BCUT2D eigenvalue weighted by atomic mass is 10.1. The monoisotopic (exact) mass is 335 g/mol. The molecule has 22 heavy (non-hydrogen) atoms. The molecule has 0 saturated carbocycles. The molecule has 116 valence electrons. The molecule has 3 nitrogen and oxygen atoms in total. The molecule has 0 unspecified atom stereocenters. The number of hydrogen-bond acceptors (Lipinski definition) is 3. The van der Waals surface area contributed by atoms with E-state index in [0.717, 1.165) is 22.5 Å². The van der Waals surface area contributed by atoms with Gasteiger partial charge in [-0.15, -0.1) is 0 Å². The number of nitrogens with zero attached hydrogens (tertiary/aromatic N) is 2. The Balaban J connectivity index is 2.43. The van der Waals surface area contributed by atoms with Crippen LogP contribution in [-0.4, -0.2) is 12.3 Å². The average Bonchev–Trinajstić information content (AvgIpc) is 2.49. The van der Waals surface area contributed by atoms with Crippen LogP contribution in [0.3, 0.4) is 0 Å². The highest BCUT2D eigenvalue weighted by atomic mass is 35.5. The van der Waals surface area contributed by atoms with E-state index in [-0.39, 0.29) is 0 Å². The minimum Gasteiger partial charge on any atom is -0.398 e. The Morgan fingerprint density at radius 2 is 1.91 bits per heavy atom. The highest BCUT2D eigenvalue weighted by Gasteiger charge is 2.11. The summed E-state index contributed by atoms with van der Waals surface area (Å²) < 4.78 is 0. The second-order valence-electron chi connectivity index (χ2n) is 5.09. The summed E-state index contributed by atoms with van der Waals surface area (Å²) in [4.78, 5) is 0. The Labute approximate surface area is 141 Å². The molecular weight excluding hydrogens is 317 g/mol. The Hall–Kier alpha value is -1.71. The molecular formula is C17H19Cl2N3. The molecule has 0 atom stereocenters. The second-order valence-corrected chi connectivity index (χ2v) is 5.93. The summed E-state index contributed by atoms with van der Waals surface area (Å²) in [7, 11) is 0. The first-order valence-corrected chi connectivity index (χ1v) is 7.82. The molecule has 2 aromatic carbocycles. The standard InChI is InChI=1S/C17H19Cl2N3/c1-4-22(17-10-13(18)6-7-15(17)19)21-12(3)14-9-11(2)5-8-16(14)20/h5-10H,4,20H2,1-3H3/b21-12+. The fourth-order valence-electron chi connectivity index (χ4n) is 2.20. The summed E-state index contributed by atoms with van der Waals surface area (Å²) in [5.74, 6) is 0. The van der Waals surface area contributed by atoms with Crippen LogP contribution < -0.4 is 10.7 Å². The van der Waals surface area contributed by atoms with Crippen LogP contribution in [0, 0.1) is 6.92 Å². The fourth-order valence-corrected chi connectivity index (χ4v) is 2.58. The zero-order valence-electron chi connectivity index (χ0n) is 12.9. The van der Waals surface area contributed by atoms with E-state index in [9.17, 15) is 0 Å². The van der Waals surface area contributed by atoms with Crippen molar-refractivity contribution >= 4 is 40.3 Å². The minimum atomic E-state index is 0.611. The van der Waals surface area contributed by atoms with Gasteiger partial charge in [0, 0.05) is 22.8 Å². The summed E-state index contributed by atoms with van der Waals surface area (Å²) >= 11 is 12.3. The quantitative estimate of drug-likeness (QED) is 0.477. The highest BCUT2D eigenvalue weighted by molar-refractivity contribution is 6.35. The lowest BCUT2D eigenvalue weighted by Gasteiger charge is -2.20. The molecule has 0 radical (unpaired) electrons. The predicted molar refractivity (Wildman–Crippen MR) is 97.3 cm³/mol. The van der Waals surface area contributed by atoms with Gasteiger partial charge in [0.25, 0.3) is 0 Å². The van der Waals surface area contributed by atoms with Crippen molar-refractivity contribution < 1.29 is 0 Å². The molecule has 0 saturated heterocycles. The molecule has 2 rings (SSSR count). The number of halogens is 2. The fraction of sp³-hybridized carbons (Fsp3) is 0.235. The summed E-state index contributed by atoms with van der Waals surface area (Å²) in [5.41, 5.74) is 10.4. The maximum Gasteiger partial charge on any atom is 0.0794 e. The van der Waals surface area contributed by atoms with Crippen molar-refractivity contribution in [2.75, 3.05) is 17.3 Å². The average molecular weight is 336 g/mol. The van der Waals surface area contributed by atoms with E-state index in [1.54, 1.807) is 12.1 Å². The zero-order chi connectivity index (χ0) is 16.3. The van der Waals surface area contributed by atoms with Crippen LogP contribution in [0.15, 0.2) is 41.5 Å². The van der Waals surface area contributed by atoms with E-state index in [4.69, 9.17) is 28.9 Å². The SMILES string of the molecule is CCN(/N=C(\C)c1cc(C)ccc1N)c1cc(Cl)ccc1Cl. The van der Waals surface area contributed by atoms with Crippen molar-refractivity contribution in [3.05, 3.63) is 57.6 Å². The van der Waals surface area contributed by atoms with Crippen molar-refractivity contribution in [1.82, 2.24) is 0 Å². The lowest BCUT2D eigenvalue weighted by molar-refractivity contribution is 0.892. The Bertz CT molecular complexity index is 711. The van der Waals surface area contributed by atoms with E-state index in [1.807, 2.05) is 50.0 Å². The van der Waals surface area contributed by atoms with Gasteiger partial charge in [-0.05, 0) is 51.1 Å². The van der Waals surface area contributed by atoms with Gasteiger partial charge in [0.1, 0.15) is 0 Å². The number of benzene rings is 2. The summed E-state index contributed by atoms with van der Waals surface area (Å²) in [5, 5.41) is 7.73. The third-order valence-corrected chi connectivity index (χ3v) is 3.91. The summed E-state index contributed by atoms with van der Waals surface area (Å²) in [6, 6.07) is 11.2. The summed E-state index contributed by atoms with van der Waals surface area (Å²) in [6.07, 6.45) is 0. The third kappa shape index (κ3) is 3.73. The molecule has 0 aromatic heterocycles. The number of hydrazone groups is 1. The van der Waals surface area contributed by atoms with E-state index in [1.165, 1.54) is 0 Å². The maximum atomic E-state index is 6.26. The zero-order valence-corrected chi connectivity index (χ0v) is 14.4. The molecule has 0 aliphatic rings. The largest absolute Gasteiger partial charge is 0.398 e. The normalized spacial score (nSPS) is 11.6. The van der Waals surface area contributed by atoms with Gasteiger partial charge in [-0.2, -0.15) is 5.10 Å². The van der Waals surface area contributed by atoms with Gasteiger partial charge < -0.3 is 5.73 Å². The number of nitrogens with two attached hydrogens (primary N) is 1. The van der Waals surface area contributed by atoms with Crippen molar-refractivity contribution in [3.8, 4) is 0 Å².